The molecule has 24 heavy (non-hydrogen) atoms. The van der Waals surface area contributed by atoms with Gasteiger partial charge in [-0.15, -0.1) is 0 Å². The molecule has 8 heteroatoms. The number of rotatable bonds is 5. The van der Waals surface area contributed by atoms with E-state index in [0.29, 0.717) is 13.1 Å². The fourth-order valence-corrected chi connectivity index (χ4v) is 3.55. The Hall–Kier alpha value is -2.61. The maximum absolute atomic E-state index is 12.4. The Kier molecular flexibility index (Phi) is 4.39. The zero-order valence-corrected chi connectivity index (χ0v) is 13.8. The van der Waals surface area contributed by atoms with E-state index < -0.39 is 10.0 Å². The summed E-state index contributed by atoms with van der Waals surface area (Å²) in [5.41, 5.74) is 1.10. The van der Waals surface area contributed by atoms with Crippen LogP contribution in [0.2, 0.25) is 0 Å². The van der Waals surface area contributed by atoms with Gasteiger partial charge in [-0.25, -0.2) is 8.42 Å². The minimum absolute atomic E-state index is 0.0883. The van der Waals surface area contributed by atoms with E-state index in [0.717, 1.165) is 18.4 Å². The standard InChI is InChI=1S/C16H18N4O3S/c1-2-12-5-7-13(8-6-12)24(22,23)19-15-11-14(17-18-15)16(21)20-9-3-4-10-20/h2,5-8,11H,1,3-4,9-10H2,(H2,17,18,19). The Morgan fingerprint density at radius 3 is 2.54 bits per heavy atom. The highest BCUT2D eigenvalue weighted by atomic mass is 32.2. The molecule has 126 valence electrons. The molecular formula is C16H18N4O3S. The van der Waals surface area contributed by atoms with Crippen molar-refractivity contribution in [2.24, 2.45) is 0 Å². The van der Waals surface area contributed by atoms with Gasteiger partial charge in [0.25, 0.3) is 15.9 Å². The topological polar surface area (TPSA) is 95.2 Å². The van der Waals surface area contributed by atoms with Crippen molar-refractivity contribution < 1.29 is 13.2 Å². The average Bonchev–Trinajstić information content (AvgIpc) is 3.25. The maximum Gasteiger partial charge on any atom is 0.271 e. The SMILES string of the molecule is C=Cc1ccc(S(=O)(=O)Nc2cc(C(=O)N3CCCC3)[nH]n2)cc1. The van der Waals surface area contributed by atoms with E-state index in [2.05, 4.69) is 21.5 Å². The van der Waals surface area contributed by atoms with Crippen molar-refractivity contribution in [1.29, 1.82) is 0 Å². The van der Waals surface area contributed by atoms with Gasteiger partial charge in [-0.05, 0) is 30.5 Å². The van der Waals surface area contributed by atoms with E-state index in [1.165, 1.54) is 18.2 Å². The predicted molar refractivity (Wildman–Crippen MR) is 91.1 cm³/mol. The molecule has 1 fully saturated rings. The first-order chi connectivity index (χ1) is 11.5. The van der Waals surface area contributed by atoms with Gasteiger partial charge >= 0.3 is 0 Å². The van der Waals surface area contributed by atoms with Crippen LogP contribution >= 0.6 is 0 Å². The molecule has 0 saturated carbocycles. The number of amides is 1. The lowest BCUT2D eigenvalue weighted by molar-refractivity contribution is 0.0787. The van der Waals surface area contributed by atoms with Gasteiger partial charge in [0.2, 0.25) is 0 Å². The molecular weight excluding hydrogens is 328 g/mol. The molecule has 2 heterocycles. The number of likely N-dealkylation sites (tertiary alicyclic amines) is 1. The normalized spacial score (nSPS) is 14.6. The molecule has 0 radical (unpaired) electrons. The molecule has 0 atom stereocenters. The smallest absolute Gasteiger partial charge is 0.271 e. The number of aromatic nitrogens is 2. The van der Waals surface area contributed by atoms with Crippen LogP contribution in [0.5, 0.6) is 0 Å². The van der Waals surface area contributed by atoms with Crippen molar-refractivity contribution in [2.75, 3.05) is 17.8 Å². The van der Waals surface area contributed by atoms with Crippen LogP contribution in [-0.4, -0.2) is 42.5 Å². The predicted octanol–water partition coefficient (Wildman–Crippen LogP) is 2.09. The Morgan fingerprint density at radius 1 is 1.25 bits per heavy atom. The molecule has 7 nitrogen and oxygen atoms in total. The molecule has 1 amide bonds. The van der Waals surface area contributed by atoms with Crippen molar-refractivity contribution in [3.63, 3.8) is 0 Å². The molecule has 0 bridgehead atoms. The molecule has 1 aliphatic heterocycles. The van der Waals surface area contributed by atoms with E-state index in [1.807, 2.05) is 0 Å². The molecule has 0 aliphatic carbocycles. The van der Waals surface area contributed by atoms with Crippen molar-refractivity contribution in [3.05, 3.63) is 48.2 Å². The Morgan fingerprint density at radius 2 is 1.92 bits per heavy atom. The van der Waals surface area contributed by atoms with Crippen molar-refractivity contribution in [3.8, 4) is 0 Å². The quantitative estimate of drug-likeness (QED) is 0.866. The van der Waals surface area contributed by atoms with Crippen LogP contribution in [0.1, 0.15) is 28.9 Å². The highest BCUT2D eigenvalue weighted by Gasteiger charge is 2.22. The number of anilines is 1. The first kappa shape index (κ1) is 16.3. The van der Waals surface area contributed by atoms with Gasteiger partial charge in [0.05, 0.1) is 4.90 Å². The summed E-state index contributed by atoms with van der Waals surface area (Å²) in [4.78, 5) is 14.1. The molecule has 2 aromatic rings. The minimum Gasteiger partial charge on any atom is -0.337 e. The van der Waals surface area contributed by atoms with Crippen LogP contribution in [0.25, 0.3) is 6.08 Å². The second-order valence-electron chi connectivity index (χ2n) is 5.54. The Bertz CT molecular complexity index is 850. The summed E-state index contributed by atoms with van der Waals surface area (Å²) in [5, 5.41) is 6.47. The third kappa shape index (κ3) is 3.33. The van der Waals surface area contributed by atoms with E-state index in [1.54, 1.807) is 23.1 Å². The molecule has 1 aromatic carbocycles. The zero-order valence-electron chi connectivity index (χ0n) is 13.0. The van der Waals surface area contributed by atoms with Crippen LogP contribution in [0.3, 0.4) is 0 Å². The largest absolute Gasteiger partial charge is 0.337 e. The number of hydrogen-bond acceptors (Lipinski definition) is 4. The van der Waals surface area contributed by atoms with Crippen LogP contribution in [0, 0.1) is 0 Å². The van der Waals surface area contributed by atoms with Gasteiger partial charge in [-0.3, -0.25) is 14.6 Å². The number of sulfonamides is 1. The van der Waals surface area contributed by atoms with Gasteiger partial charge < -0.3 is 4.90 Å². The molecule has 1 aliphatic rings. The van der Waals surface area contributed by atoms with Crippen LogP contribution < -0.4 is 4.72 Å². The molecule has 0 unspecified atom stereocenters. The average molecular weight is 346 g/mol. The highest BCUT2D eigenvalue weighted by Crippen LogP contribution is 2.18. The number of aromatic amines is 1. The number of nitrogens with zero attached hydrogens (tertiary/aromatic N) is 2. The fraction of sp³-hybridized carbons (Fsp3) is 0.250. The number of carbonyl (C=O) groups is 1. The summed E-state index contributed by atoms with van der Waals surface area (Å²) < 4.78 is 27.1. The third-order valence-corrected chi connectivity index (χ3v) is 5.24. The van der Waals surface area contributed by atoms with Gasteiger partial charge in [0.15, 0.2) is 5.82 Å². The number of hydrogen-bond donors (Lipinski definition) is 2. The summed E-state index contributed by atoms with van der Waals surface area (Å²) in [6.07, 6.45) is 3.61. The molecule has 3 rings (SSSR count). The van der Waals surface area contributed by atoms with Crippen molar-refractivity contribution in [2.45, 2.75) is 17.7 Å². The van der Waals surface area contributed by atoms with Crippen molar-refractivity contribution in [1.82, 2.24) is 15.1 Å². The second-order valence-corrected chi connectivity index (χ2v) is 7.23. The third-order valence-electron chi connectivity index (χ3n) is 3.87. The number of carbonyl (C=O) groups excluding carboxylic acids is 1. The zero-order chi connectivity index (χ0) is 17.2. The van der Waals surface area contributed by atoms with E-state index in [4.69, 9.17) is 0 Å². The highest BCUT2D eigenvalue weighted by molar-refractivity contribution is 7.92. The monoisotopic (exact) mass is 346 g/mol. The van der Waals surface area contributed by atoms with Crippen LogP contribution in [-0.2, 0) is 10.0 Å². The van der Waals surface area contributed by atoms with E-state index >= 15 is 0 Å². The summed E-state index contributed by atoms with van der Waals surface area (Å²) in [7, 11) is -3.76. The van der Waals surface area contributed by atoms with E-state index in [-0.39, 0.29) is 22.3 Å². The van der Waals surface area contributed by atoms with Crippen LogP contribution in [0.4, 0.5) is 5.82 Å². The Labute approximate surface area is 140 Å². The molecule has 1 saturated heterocycles. The second kappa shape index (κ2) is 6.48. The Balaban J connectivity index is 1.75. The van der Waals surface area contributed by atoms with Gasteiger partial charge in [-0.1, -0.05) is 24.8 Å². The van der Waals surface area contributed by atoms with Crippen LogP contribution in [0.15, 0.2) is 41.8 Å². The first-order valence-electron chi connectivity index (χ1n) is 7.59. The number of benzene rings is 1. The van der Waals surface area contributed by atoms with Gasteiger partial charge in [0, 0.05) is 19.2 Å². The lowest BCUT2D eigenvalue weighted by Gasteiger charge is -2.12. The summed E-state index contributed by atoms with van der Waals surface area (Å²) >= 11 is 0. The first-order valence-corrected chi connectivity index (χ1v) is 9.08. The van der Waals surface area contributed by atoms with Gasteiger partial charge in [-0.2, -0.15) is 5.10 Å². The summed E-state index contributed by atoms with van der Waals surface area (Å²) in [5.74, 6) is -0.0777. The number of nitrogens with one attached hydrogen (secondary N) is 2. The lowest BCUT2D eigenvalue weighted by atomic mass is 10.2. The lowest BCUT2D eigenvalue weighted by Crippen LogP contribution is -2.27. The van der Waals surface area contributed by atoms with E-state index in [9.17, 15) is 13.2 Å². The fourth-order valence-electron chi connectivity index (χ4n) is 2.55. The van der Waals surface area contributed by atoms with Gasteiger partial charge in [0.1, 0.15) is 5.69 Å². The molecule has 1 aromatic heterocycles. The number of H-pyrrole nitrogens is 1. The summed E-state index contributed by atoms with van der Waals surface area (Å²) in [6, 6.07) is 7.71. The summed E-state index contributed by atoms with van der Waals surface area (Å²) in [6.45, 7) is 5.06. The minimum atomic E-state index is -3.76. The maximum atomic E-state index is 12.4. The van der Waals surface area contributed by atoms with Crippen molar-refractivity contribution >= 4 is 27.8 Å². The molecule has 0 spiro atoms. The molecule has 2 N–H and O–H groups in total.